The molecule has 1 aliphatic heterocycles. The van der Waals surface area contributed by atoms with Crippen LogP contribution in [0.4, 0.5) is 0 Å². The van der Waals surface area contributed by atoms with Gasteiger partial charge >= 0.3 is 0 Å². The van der Waals surface area contributed by atoms with Crippen molar-refractivity contribution in [2.45, 2.75) is 32.4 Å². The van der Waals surface area contributed by atoms with Crippen molar-refractivity contribution in [2.75, 3.05) is 6.61 Å². The van der Waals surface area contributed by atoms with Gasteiger partial charge in [-0.05, 0) is 25.0 Å². The number of aryl methyl sites for hydroxylation is 1. The van der Waals surface area contributed by atoms with Crippen LogP contribution in [0.5, 0.6) is 0 Å². The molecule has 0 saturated carbocycles. The molecular formula is C7H12N4O. The lowest BCUT2D eigenvalue weighted by molar-refractivity contribution is 0.105. The normalized spacial score (nSPS) is 23.2. The van der Waals surface area contributed by atoms with Crippen LogP contribution in [0.25, 0.3) is 0 Å². The highest BCUT2D eigenvalue weighted by Crippen LogP contribution is 2.24. The molecule has 5 nitrogen and oxygen atoms in total. The first kappa shape index (κ1) is 7.67. The second-order valence-electron chi connectivity index (χ2n) is 2.84. The molecule has 0 radical (unpaired) electrons. The lowest BCUT2D eigenvalue weighted by atomic mass is 10.2. The Morgan fingerprint density at radius 3 is 3.17 bits per heavy atom. The summed E-state index contributed by atoms with van der Waals surface area (Å²) >= 11 is 0. The van der Waals surface area contributed by atoms with Crippen LogP contribution in [0, 0.1) is 0 Å². The zero-order valence-electron chi connectivity index (χ0n) is 7.10. The van der Waals surface area contributed by atoms with Gasteiger partial charge in [0, 0.05) is 6.61 Å². The highest BCUT2D eigenvalue weighted by atomic mass is 16.5. The van der Waals surface area contributed by atoms with E-state index in [0.717, 1.165) is 31.8 Å². The Kier molecular flexibility index (Phi) is 2.03. The summed E-state index contributed by atoms with van der Waals surface area (Å²) in [6.07, 6.45) is 2.21. The Balaban J connectivity index is 2.11. The molecule has 0 N–H and O–H groups in total. The average molecular weight is 168 g/mol. The maximum atomic E-state index is 5.42. The third-order valence-corrected chi connectivity index (χ3v) is 1.97. The summed E-state index contributed by atoms with van der Waals surface area (Å²) in [6, 6.07) is 0. The van der Waals surface area contributed by atoms with Crippen molar-refractivity contribution in [1.82, 2.24) is 20.2 Å². The van der Waals surface area contributed by atoms with Crippen molar-refractivity contribution in [1.29, 1.82) is 0 Å². The maximum Gasteiger partial charge on any atom is 0.203 e. The van der Waals surface area contributed by atoms with Gasteiger partial charge in [0.05, 0.1) is 6.54 Å². The van der Waals surface area contributed by atoms with Crippen molar-refractivity contribution >= 4 is 0 Å². The molecule has 1 aromatic rings. The van der Waals surface area contributed by atoms with E-state index in [0.29, 0.717) is 0 Å². The Morgan fingerprint density at radius 1 is 1.67 bits per heavy atom. The number of ether oxygens (including phenoxy) is 1. The molecule has 1 fully saturated rings. The fourth-order valence-corrected chi connectivity index (χ4v) is 1.30. The van der Waals surface area contributed by atoms with Gasteiger partial charge in [0.25, 0.3) is 0 Å². The first-order valence-electron chi connectivity index (χ1n) is 4.29. The summed E-state index contributed by atoms with van der Waals surface area (Å²) in [7, 11) is 0. The molecule has 1 atom stereocenters. The van der Waals surface area contributed by atoms with Crippen LogP contribution in [0.3, 0.4) is 0 Å². The molecule has 2 heterocycles. The minimum absolute atomic E-state index is 0.0882. The van der Waals surface area contributed by atoms with Gasteiger partial charge in [-0.1, -0.05) is 0 Å². The lowest BCUT2D eigenvalue weighted by Crippen LogP contribution is -2.01. The van der Waals surface area contributed by atoms with E-state index in [9.17, 15) is 0 Å². The van der Waals surface area contributed by atoms with Crippen molar-refractivity contribution in [3.8, 4) is 0 Å². The van der Waals surface area contributed by atoms with Gasteiger partial charge in [0.15, 0.2) is 0 Å². The Bertz CT molecular complexity index is 254. The second-order valence-corrected chi connectivity index (χ2v) is 2.84. The molecule has 0 aromatic carbocycles. The minimum Gasteiger partial charge on any atom is -0.370 e. The number of nitrogens with zero attached hydrogens (tertiary/aromatic N) is 4. The van der Waals surface area contributed by atoms with E-state index in [1.807, 2.05) is 6.92 Å². The summed E-state index contributed by atoms with van der Waals surface area (Å²) < 4.78 is 5.42. The van der Waals surface area contributed by atoms with Crippen LogP contribution >= 0.6 is 0 Å². The van der Waals surface area contributed by atoms with E-state index in [1.54, 1.807) is 4.80 Å². The van der Waals surface area contributed by atoms with Crippen LogP contribution in [0.15, 0.2) is 0 Å². The van der Waals surface area contributed by atoms with Gasteiger partial charge < -0.3 is 4.74 Å². The van der Waals surface area contributed by atoms with E-state index in [4.69, 9.17) is 4.74 Å². The fraction of sp³-hybridized carbons (Fsp3) is 0.857. The van der Waals surface area contributed by atoms with Crippen molar-refractivity contribution < 1.29 is 4.74 Å². The van der Waals surface area contributed by atoms with Gasteiger partial charge in [-0.25, -0.2) is 0 Å². The summed E-state index contributed by atoms with van der Waals surface area (Å²) in [6.45, 7) is 3.58. The van der Waals surface area contributed by atoms with Crippen molar-refractivity contribution in [3.05, 3.63) is 5.82 Å². The zero-order valence-corrected chi connectivity index (χ0v) is 7.10. The zero-order chi connectivity index (χ0) is 8.39. The lowest BCUT2D eigenvalue weighted by Gasteiger charge is -2.00. The molecule has 0 amide bonds. The smallest absolute Gasteiger partial charge is 0.203 e. The molecule has 66 valence electrons. The van der Waals surface area contributed by atoms with E-state index in [2.05, 4.69) is 15.4 Å². The number of hydrogen-bond donors (Lipinski definition) is 0. The van der Waals surface area contributed by atoms with Crippen LogP contribution in [-0.2, 0) is 11.3 Å². The van der Waals surface area contributed by atoms with Crippen LogP contribution in [-0.4, -0.2) is 26.8 Å². The second kappa shape index (κ2) is 3.18. The number of rotatable bonds is 2. The largest absolute Gasteiger partial charge is 0.370 e. The maximum absolute atomic E-state index is 5.42. The molecule has 0 bridgehead atoms. The number of tetrazole rings is 1. The highest BCUT2D eigenvalue weighted by molar-refractivity contribution is 4.87. The molecule has 1 saturated heterocycles. The van der Waals surface area contributed by atoms with Crippen molar-refractivity contribution in [2.24, 2.45) is 0 Å². The number of hydrogen-bond acceptors (Lipinski definition) is 4. The van der Waals surface area contributed by atoms with Crippen molar-refractivity contribution in [3.63, 3.8) is 0 Å². The van der Waals surface area contributed by atoms with Gasteiger partial charge in [0.1, 0.15) is 6.10 Å². The Labute approximate surface area is 70.7 Å². The summed E-state index contributed by atoms with van der Waals surface area (Å²) in [5, 5.41) is 12.0. The van der Waals surface area contributed by atoms with Gasteiger partial charge in [-0.2, -0.15) is 4.80 Å². The predicted octanol–water partition coefficient (Wildman–Crippen LogP) is 0.544. The summed E-state index contributed by atoms with van der Waals surface area (Å²) in [5.74, 6) is 0.731. The molecular weight excluding hydrogens is 156 g/mol. The SMILES string of the molecule is CCn1nnc(C2CCCO2)n1. The molecule has 2 rings (SSSR count). The van der Waals surface area contributed by atoms with E-state index in [-0.39, 0.29) is 6.10 Å². The topological polar surface area (TPSA) is 52.8 Å². The Hall–Kier alpha value is -0.970. The van der Waals surface area contributed by atoms with Gasteiger partial charge in [-0.15, -0.1) is 10.2 Å². The predicted molar refractivity (Wildman–Crippen MR) is 41.4 cm³/mol. The highest BCUT2D eigenvalue weighted by Gasteiger charge is 2.21. The first-order chi connectivity index (χ1) is 5.90. The third kappa shape index (κ3) is 1.32. The number of aromatic nitrogens is 4. The Morgan fingerprint density at radius 2 is 2.58 bits per heavy atom. The standard InChI is InChI=1S/C7H12N4O/c1-2-11-9-7(8-10-11)6-4-3-5-12-6/h6H,2-5H2,1H3. The van der Waals surface area contributed by atoms with Crippen LogP contribution in [0.2, 0.25) is 0 Å². The average Bonchev–Trinajstić information content (AvgIpc) is 2.75. The summed E-state index contributed by atoms with van der Waals surface area (Å²) in [4.78, 5) is 1.58. The molecule has 1 aromatic heterocycles. The van der Waals surface area contributed by atoms with E-state index >= 15 is 0 Å². The molecule has 1 unspecified atom stereocenters. The van der Waals surface area contributed by atoms with Crippen LogP contribution < -0.4 is 0 Å². The molecule has 0 aliphatic carbocycles. The van der Waals surface area contributed by atoms with Crippen LogP contribution in [0.1, 0.15) is 31.7 Å². The molecule has 12 heavy (non-hydrogen) atoms. The van der Waals surface area contributed by atoms with E-state index in [1.165, 1.54) is 0 Å². The minimum atomic E-state index is 0.0882. The molecule has 0 spiro atoms. The quantitative estimate of drug-likeness (QED) is 0.647. The summed E-state index contributed by atoms with van der Waals surface area (Å²) in [5.41, 5.74) is 0. The monoisotopic (exact) mass is 168 g/mol. The molecule has 5 heteroatoms. The first-order valence-corrected chi connectivity index (χ1v) is 4.29. The third-order valence-electron chi connectivity index (χ3n) is 1.97. The van der Waals surface area contributed by atoms with E-state index < -0.39 is 0 Å². The van der Waals surface area contributed by atoms with Gasteiger partial charge in [0.2, 0.25) is 5.82 Å². The van der Waals surface area contributed by atoms with Gasteiger partial charge in [-0.3, -0.25) is 0 Å². The molecule has 1 aliphatic rings. The fourth-order valence-electron chi connectivity index (χ4n) is 1.30.